The Kier molecular flexibility index (Phi) is 4.57. The van der Waals surface area contributed by atoms with E-state index in [0.717, 1.165) is 0 Å². The van der Waals surface area contributed by atoms with E-state index in [9.17, 15) is 14.7 Å². The van der Waals surface area contributed by atoms with E-state index in [1.165, 1.54) is 23.1 Å². The first-order chi connectivity index (χ1) is 11.5. The number of para-hydroxylation sites is 2. The molecule has 24 heavy (non-hydrogen) atoms. The van der Waals surface area contributed by atoms with Gasteiger partial charge >= 0.3 is 0 Å². The average molecular weight is 347 g/mol. The van der Waals surface area contributed by atoms with Crippen LogP contribution in [0.5, 0.6) is 11.5 Å². The van der Waals surface area contributed by atoms with Gasteiger partial charge in [0.1, 0.15) is 11.5 Å². The molecule has 0 spiro atoms. The molecule has 6 nitrogen and oxygen atoms in total. The highest BCUT2D eigenvalue weighted by atomic mass is 35.5. The molecule has 2 aromatic rings. The topological polar surface area (TPSA) is 78.9 Å². The Bertz CT molecular complexity index is 794. The summed E-state index contributed by atoms with van der Waals surface area (Å²) in [7, 11) is 0. The molecule has 1 aliphatic heterocycles. The van der Waals surface area contributed by atoms with Crippen LogP contribution in [0.25, 0.3) is 0 Å². The van der Waals surface area contributed by atoms with E-state index >= 15 is 0 Å². The van der Waals surface area contributed by atoms with Crippen molar-refractivity contribution >= 4 is 34.8 Å². The second-order valence-electron chi connectivity index (χ2n) is 5.26. The molecule has 0 saturated carbocycles. The molecule has 7 heteroatoms. The second-order valence-corrected chi connectivity index (χ2v) is 5.70. The first-order valence-electron chi connectivity index (χ1n) is 7.35. The second kappa shape index (κ2) is 6.80. The van der Waals surface area contributed by atoms with Crippen molar-refractivity contribution in [2.75, 3.05) is 23.4 Å². The summed E-state index contributed by atoms with van der Waals surface area (Å²) in [6.07, 6.45) is 0.0754. The standard InChI is InChI=1S/C17H15ClN2O4/c18-11-5-6-14(21)12(9-11)19-16(22)7-8-20-13-3-1-2-4-15(13)24-10-17(20)23/h1-6,9,21H,7-8,10H2,(H,19,22). The lowest BCUT2D eigenvalue weighted by molar-refractivity contribution is -0.121. The number of hydrogen-bond donors (Lipinski definition) is 2. The van der Waals surface area contributed by atoms with Crippen LogP contribution < -0.4 is 15.0 Å². The number of ether oxygens (including phenoxy) is 1. The minimum absolute atomic E-state index is 0.0479. The Morgan fingerprint density at radius 1 is 1.29 bits per heavy atom. The van der Waals surface area contributed by atoms with Crippen LogP contribution >= 0.6 is 11.6 Å². The van der Waals surface area contributed by atoms with Crippen molar-refractivity contribution in [1.82, 2.24) is 0 Å². The molecule has 2 aromatic carbocycles. The zero-order chi connectivity index (χ0) is 17.1. The molecule has 0 atom stereocenters. The predicted octanol–water partition coefficient (Wildman–Crippen LogP) is 2.80. The van der Waals surface area contributed by atoms with Crippen LogP contribution in [0.1, 0.15) is 6.42 Å². The number of anilines is 2. The monoisotopic (exact) mass is 346 g/mol. The highest BCUT2D eigenvalue weighted by molar-refractivity contribution is 6.31. The highest BCUT2D eigenvalue weighted by Gasteiger charge is 2.25. The Morgan fingerprint density at radius 3 is 2.92 bits per heavy atom. The van der Waals surface area contributed by atoms with Gasteiger partial charge in [-0.15, -0.1) is 0 Å². The van der Waals surface area contributed by atoms with Crippen LogP contribution in [0.3, 0.4) is 0 Å². The molecule has 124 valence electrons. The van der Waals surface area contributed by atoms with Crippen molar-refractivity contribution in [3.05, 3.63) is 47.5 Å². The summed E-state index contributed by atoms with van der Waals surface area (Å²) in [5, 5.41) is 12.7. The van der Waals surface area contributed by atoms with E-state index in [1.807, 2.05) is 6.07 Å². The number of phenolic OH excluding ortho intramolecular Hbond substituents is 1. The van der Waals surface area contributed by atoms with Gasteiger partial charge in [0.25, 0.3) is 5.91 Å². The lowest BCUT2D eigenvalue weighted by Crippen LogP contribution is -2.40. The van der Waals surface area contributed by atoms with Crippen LogP contribution in [0, 0.1) is 0 Å². The van der Waals surface area contributed by atoms with Crippen molar-refractivity contribution in [3.63, 3.8) is 0 Å². The Labute approximate surface area is 143 Å². The quantitative estimate of drug-likeness (QED) is 0.834. The molecule has 0 saturated heterocycles. The van der Waals surface area contributed by atoms with Gasteiger partial charge in [0.2, 0.25) is 5.91 Å². The maximum atomic E-state index is 12.1. The molecule has 0 aliphatic carbocycles. The van der Waals surface area contributed by atoms with Gasteiger partial charge in [-0.3, -0.25) is 9.59 Å². The maximum Gasteiger partial charge on any atom is 0.265 e. The number of hydrogen-bond acceptors (Lipinski definition) is 4. The van der Waals surface area contributed by atoms with Crippen molar-refractivity contribution < 1.29 is 19.4 Å². The molecule has 1 heterocycles. The molecule has 0 bridgehead atoms. The first kappa shape index (κ1) is 16.1. The molecule has 0 unspecified atom stereocenters. The highest BCUT2D eigenvalue weighted by Crippen LogP contribution is 2.31. The van der Waals surface area contributed by atoms with Crippen molar-refractivity contribution in [2.45, 2.75) is 6.42 Å². The zero-order valence-electron chi connectivity index (χ0n) is 12.7. The number of nitrogens with zero attached hydrogens (tertiary/aromatic N) is 1. The van der Waals surface area contributed by atoms with Gasteiger partial charge in [-0.05, 0) is 30.3 Å². The molecule has 3 rings (SSSR count). The van der Waals surface area contributed by atoms with Crippen LogP contribution in [0.2, 0.25) is 5.02 Å². The largest absolute Gasteiger partial charge is 0.506 e. The fourth-order valence-corrected chi connectivity index (χ4v) is 2.61. The number of nitrogens with one attached hydrogen (secondary N) is 1. The van der Waals surface area contributed by atoms with Gasteiger partial charge in [0.15, 0.2) is 6.61 Å². The van der Waals surface area contributed by atoms with Gasteiger partial charge in [-0.1, -0.05) is 23.7 Å². The normalized spacial score (nSPS) is 13.2. The van der Waals surface area contributed by atoms with Crippen LogP contribution in [0.4, 0.5) is 11.4 Å². The third-order valence-electron chi connectivity index (χ3n) is 3.60. The summed E-state index contributed by atoms with van der Waals surface area (Å²) in [6.45, 7) is 0.167. The lowest BCUT2D eigenvalue weighted by Gasteiger charge is -2.29. The SMILES string of the molecule is O=C(CCN1C(=O)COc2ccccc21)Nc1cc(Cl)ccc1O. The van der Waals surface area contributed by atoms with E-state index in [2.05, 4.69) is 5.32 Å². The van der Waals surface area contributed by atoms with Crippen molar-refractivity contribution in [1.29, 1.82) is 0 Å². The Balaban J connectivity index is 1.66. The van der Waals surface area contributed by atoms with E-state index in [1.54, 1.807) is 18.2 Å². The van der Waals surface area contributed by atoms with Gasteiger partial charge in [0, 0.05) is 18.0 Å². The van der Waals surface area contributed by atoms with Gasteiger partial charge in [0.05, 0.1) is 11.4 Å². The molecule has 2 amide bonds. The Hall–Kier alpha value is -2.73. The molecular weight excluding hydrogens is 332 g/mol. The van der Waals surface area contributed by atoms with Crippen LogP contribution in [-0.4, -0.2) is 30.1 Å². The fourth-order valence-electron chi connectivity index (χ4n) is 2.43. The summed E-state index contributed by atoms with van der Waals surface area (Å²) in [5.41, 5.74) is 0.883. The number of aromatic hydroxyl groups is 1. The number of benzene rings is 2. The van der Waals surface area contributed by atoms with Crippen LogP contribution in [0.15, 0.2) is 42.5 Å². The van der Waals surface area contributed by atoms with Crippen molar-refractivity contribution in [2.24, 2.45) is 0 Å². The first-order valence-corrected chi connectivity index (χ1v) is 7.73. The number of amides is 2. The number of carbonyl (C=O) groups excluding carboxylic acids is 2. The molecule has 0 fully saturated rings. The minimum Gasteiger partial charge on any atom is -0.506 e. The van der Waals surface area contributed by atoms with E-state index < -0.39 is 0 Å². The van der Waals surface area contributed by atoms with E-state index in [4.69, 9.17) is 16.3 Å². The number of carbonyl (C=O) groups is 2. The minimum atomic E-state index is -0.329. The number of halogens is 1. The molecule has 1 aliphatic rings. The Morgan fingerprint density at radius 2 is 2.08 bits per heavy atom. The molecule has 2 N–H and O–H groups in total. The summed E-state index contributed by atoms with van der Waals surface area (Å²) in [6, 6.07) is 11.6. The van der Waals surface area contributed by atoms with Gasteiger partial charge < -0.3 is 20.1 Å². The summed E-state index contributed by atoms with van der Waals surface area (Å²) in [5.74, 6) is 0.0157. The molecule has 0 aromatic heterocycles. The van der Waals surface area contributed by atoms with E-state index in [-0.39, 0.29) is 42.8 Å². The van der Waals surface area contributed by atoms with Crippen molar-refractivity contribution in [3.8, 4) is 11.5 Å². The maximum absolute atomic E-state index is 12.1. The summed E-state index contributed by atoms with van der Waals surface area (Å²) >= 11 is 5.85. The smallest absolute Gasteiger partial charge is 0.265 e. The fraction of sp³-hybridized carbons (Fsp3) is 0.176. The van der Waals surface area contributed by atoms with E-state index in [0.29, 0.717) is 16.5 Å². The predicted molar refractivity (Wildman–Crippen MR) is 90.7 cm³/mol. The van der Waals surface area contributed by atoms with Gasteiger partial charge in [-0.2, -0.15) is 0 Å². The number of fused-ring (bicyclic) bond motifs is 1. The molecule has 0 radical (unpaired) electrons. The number of phenols is 1. The molecular formula is C17H15ClN2O4. The third kappa shape index (κ3) is 3.44. The number of rotatable bonds is 4. The van der Waals surface area contributed by atoms with Crippen LogP contribution in [-0.2, 0) is 9.59 Å². The lowest BCUT2D eigenvalue weighted by atomic mass is 10.2. The average Bonchev–Trinajstić information content (AvgIpc) is 2.57. The summed E-state index contributed by atoms with van der Waals surface area (Å²) < 4.78 is 5.36. The summed E-state index contributed by atoms with van der Waals surface area (Å²) in [4.78, 5) is 25.7. The third-order valence-corrected chi connectivity index (χ3v) is 3.84. The van der Waals surface area contributed by atoms with Gasteiger partial charge in [-0.25, -0.2) is 0 Å². The zero-order valence-corrected chi connectivity index (χ0v) is 13.4.